The van der Waals surface area contributed by atoms with Gasteiger partial charge in [-0.1, -0.05) is 12.1 Å². The van der Waals surface area contributed by atoms with Crippen LogP contribution in [0.25, 0.3) is 11.1 Å². The predicted molar refractivity (Wildman–Crippen MR) is 115 cm³/mol. The molecular weight excluding hydrogens is 398 g/mol. The Kier molecular flexibility index (Phi) is 5.52. The molecule has 2 aromatic carbocycles. The zero-order valence-corrected chi connectivity index (χ0v) is 18.2. The number of carbonyl (C=O) groups excluding carboxylic acids is 2. The van der Waals surface area contributed by atoms with E-state index in [1.54, 1.807) is 33.1 Å². The Morgan fingerprint density at radius 1 is 1.03 bits per heavy atom. The smallest absolute Gasteiger partial charge is 0.349 e. The third kappa shape index (κ3) is 4.04. The van der Waals surface area contributed by atoms with E-state index in [4.69, 9.17) is 18.9 Å². The number of amides is 1. The molecular formula is C24H27NO6. The number of carbonyl (C=O) groups is 2. The highest BCUT2D eigenvalue weighted by molar-refractivity contribution is 6.01. The van der Waals surface area contributed by atoms with E-state index in [1.165, 1.54) is 7.11 Å². The molecule has 0 spiro atoms. The molecule has 7 heteroatoms. The number of methoxy groups -OCH3 is 2. The summed E-state index contributed by atoms with van der Waals surface area (Å²) in [6.45, 7) is 4.18. The van der Waals surface area contributed by atoms with Crippen molar-refractivity contribution in [2.75, 3.05) is 20.8 Å². The van der Waals surface area contributed by atoms with Gasteiger partial charge in [-0.15, -0.1) is 0 Å². The molecule has 4 rings (SSSR count). The van der Waals surface area contributed by atoms with Crippen molar-refractivity contribution < 1.29 is 28.5 Å². The fourth-order valence-electron chi connectivity index (χ4n) is 3.67. The van der Waals surface area contributed by atoms with E-state index in [1.807, 2.05) is 18.2 Å². The van der Waals surface area contributed by atoms with Crippen LogP contribution in [0.3, 0.4) is 0 Å². The Bertz CT molecular complexity index is 1020. The molecule has 7 nitrogen and oxygen atoms in total. The minimum Gasteiger partial charge on any atom is -0.493 e. The molecule has 1 heterocycles. The van der Waals surface area contributed by atoms with Crippen molar-refractivity contribution in [3.63, 3.8) is 0 Å². The van der Waals surface area contributed by atoms with Gasteiger partial charge in [-0.2, -0.15) is 0 Å². The Labute approximate surface area is 181 Å². The first kappa shape index (κ1) is 21.0. The summed E-state index contributed by atoms with van der Waals surface area (Å²) < 4.78 is 22.8. The number of hydrogen-bond donors (Lipinski definition) is 1. The van der Waals surface area contributed by atoms with Crippen molar-refractivity contribution in [2.45, 2.75) is 38.8 Å². The van der Waals surface area contributed by atoms with Gasteiger partial charge in [-0.25, -0.2) is 4.79 Å². The summed E-state index contributed by atoms with van der Waals surface area (Å²) in [7, 11) is 3.06. The molecule has 0 bridgehead atoms. The van der Waals surface area contributed by atoms with E-state index < -0.39 is 11.6 Å². The number of rotatable bonds is 8. The monoisotopic (exact) mass is 425 g/mol. The SMILES string of the molecule is COc1ccc(-c2cccc3c2CNC3=O)c(OC(C)(C)C(=O)OCC2CC2)c1OC. The molecule has 1 fully saturated rings. The van der Waals surface area contributed by atoms with Crippen LogP contribution in [0.15, 0.2) is 30.3 Å². The van der Waals surface area contributed by atoms with Crippen LogP contribution in [0.5, 0.6) is 17.2 Å². The Morgan fingerprint density at radius 2 is 1.77 bits per heavy atom. The molecule has 2 aromatic rings. The lowest BCUT2D eigenvalue weighted by atomic mass is 9.95. The summed E-state index contributed by atoms with van der Waals surface area (Å²) in [5.41, 5.74) is 1.78. The molecule has 164 valence electrons. The maximum atomic E-state index is 12.8. The normalized spacial score (nSPS) is 15.2. The lowest BCUT2D eigenvalue weighted by Crippen LogP contribution is -2.40. The first-order chi connectivity index (χ1) is 14.9. The molecule has 1 aliphatic heterocycles. The van der Waals surface area contributed by atoms with Crippen LogP contribution in [0.2, 0.25) is 0 Å². The molecule has 0 radical (unpaired) electrons. The Hall–Kier alpha value is -3.22. The summed E-state index contributed by atoms with van der Waals surface area (Å²) >= 11 is 0. The van der Waals surface area contributed by atoms with E-state index >= 15 is 0 Å². The van der Waals surface area contributed by atoms with Crippen molar-refractivity contribution in [2.24, 2.45) is 5.92 Å². The van der Waals surface area contributed by atoms with Crippen LogP contribution in [0.4, 0.5) is 0 Å². The predicted octanol–water partition coefficient (Wildman–Crippen LogP) is 3.72. The van der Waals surface area contributed by atoms with Gasteiger partial charge in [0.25, 0.3) is 5.91 Å². The molecule has 0 atom stereocenters. The number of hydrogen-bond acceptors (Lipinski definition) is 6. The van der Waals surface area contributed by atoms with Gasteiger partial charge >= 0.3 is 5.97 Å². The van der Waals surface area contributed by atoms with Gasteiger partial charge in [0.05, 0.1) is 20.8 Å². The van der Waals surface area contributed by atoms with Crippen LogP contribution in [-0.2, 0) is 16.1 Å². The van der Waals surface area contributed by atoms with Gasteiger partial charge in [0.15, 0.2) is 17.1 Å². The van der Waals surface area contributed by atoms with Crippen LogP contribution in [0, 0.1) is 5.92 Å². The fraction of sp³-hybridized carbons (Fsp3) is 0.417. The second-order valence-corrected chi connectivity index (χ2v) is 8.35. The van der Waals surface area contributed by atoms with Crippen LogP contribution >= 0.6 is 0 Å². The molecule has 0 aromatic heterocycles. The van der Waals surface area contributed by atoms with E-state index in [2.05, 4.69) is 5.32 Å². The lowest BCUT2D eigenvalue weighted by Gasteiger charge is -2.28. The van der Waals surface area contributed by atoms with Gasteiger partial charge < -0.3 is 24.3 Å². The number of nitrogens with one attached hydrogen (secondary N) is 1. The zero-order valence-electron chi connectivity index (χ0n) is 18.2. The van der Waals surface area contributed by atoms with Crippen molar-refractivity contribution in [1.29, 1.82) is 0 Å². The van der Waals surface area contributed by atoms with Crippen LogP contribution in [0.1, 0.15) is 42.6 Å². The minimum absolute atomic E-state index is 0.108. The molecule has 1 saturated carbocycles. The quantitative estimate of drug-likeness (QED) is 0.649. The minimum atomic E-state index is -1.25. The molecule has 1 amide bonds. The molecule has 31 heavy (non-hydrogen) atoms. The highest BCUT2D eigenvalue weighted by Gasteiger charge is 2.36. The van der Waals surface area contributed by atoms with Crippen molar-refractivity contribution >= 4 is 11.9 Å². The topological polar surface area (TPSA) is 83.1 Å². The number of esters is 1. The van der Waals surface area contributed by atoms with E-state index in [0.29, 0.717) is 47.4 Å². The van der Waals surface area contributed by atoms with E-state index in [9.17, 15) is 9.59 Å². The van der Waals surface area contributed by atoms with Gasteiger partial charge in [0, 0.05) is 17.7 Å². The summed E-state index contributed by atoms with van der Waals surface area (Å²) in [6.07, 6.45) is 2.18. The van der Waals surface area contributed by atoms with Gasteiger partial charge in [-0.05, 0) is 61.9 Å². The van der Waals surface area contributed by atoms with Gasteiger partial charge in [0.1, 0.15) is 0 Å². The molecule has 1 aliphatic carbocycles. The zero-order chi connectivity index (χ0) is 22.2. The van der Waals surface area contributed by atoms with Crippen LogP contribution in [-0.4, -0.2) is 38.3 Å². The largest absolute Gasteiger partial charge is 0.493 e. The van der Waals surface area contributed by atoms with Crippen molar-refractivity contribution in [1.82, 2.24) is 5.32 Å². The standard InChI is InChI=1S/C24H27NO6/c1-24(2,23(27)30-13-14-8-9-14)31-20-16(10-11-19(28-3)21(20)29-4)15-6-5-7-17-18(15)12-25-22(17)26/h5-7,10-11,14H,8-9,12-13H2,1-4H3,(H,25,26). The molecule has 1 N–H and O–H groups in total. The van der Waals surface area contributed by atoms with Crippen molar-refractivity contribution in [3.8, 4) is 28.4 Å². The Balaban J connectivity index is 1.77. The van der Waals surface area contributed by atoms with Gasteiger partial charge in [-0.3, -0.25) is 4.79 Å². The molecule has 2 aliphatic rings. The lowest BCUT2D eigenvalue weighted by molar-refractivity contribution is -0.159. The summed E-state index contributed by atoms with van der Waals surface area (Å²) in [6, 6.07) is 9.17. The second-order valence-electron chi connectivity index (χ2n) is 8.35. The van der Waals surface area contributed by atoms with Crippen molar-refractivity contribution in [3.05, 3.63) is 41.5 Å². The number of benzene rings is 2. The maximum Gasteiger partial charge on any atom is 0.349 e. The highest BCUT2D eigenvalue weighted by Crippen LogP contribution is 2.47. The average Bonchev–Trinajstić information content (AvgIpc) is 3.52. The first-order valence-electron chi connectivity index (χ1n) is 10.4. The first-order valence-corrected chi connectivity index (χ1v) is 10.4. The molecule has 0 unspecified atom stereocenters. The Morgan fingerprint density at radius 3 is 2.45 bits per heavy atom. The highest BCUT2D eigenvalue weighted by atomic mass is 16.6. The third-order valence-electron chi connectivity index (χ3n) is 5.63. The van der Waals surface area contributed by atoms with Gasteiger partial charge in [0.2, 0.25) is 5.75 Å². The number of ether oxygens (including phenoxy) is 4. The summed E-state index contributed by atoms with van der Waals surface area (Å²) in [5.74, 6) is 1.12. The van der Waals surface area contributed by atoms with E-state index in [-0.39, 0.29) is 5.91 Å². The van der Waals surface area contributed by atoms with E-state index in [0.717, 1.165) is 24.0 Å². The fourth-order valence-corrected chi connectivity index (χ4v) is 3.67. The summed E-state index contributed by atoms with van der Waals surface area (Å²) in [5, 5.41) is 2.86. The number of fused-ring (bicyclic) bond motifs is 1. The maximum absolute atomic E-state index is 12.8. The summed E-state index contributed by atoms with van der Waals surface area (Å²) in [4.78, 5) is 24.9. The molecule has 0 saturated heterocycles. The van der Waals surface area contributed by atoms with Crippen LogP contribution < -0.4 is 19.5 Å². The second kappa shape index (κ2) is 8.13. The average molecular weight is 425 g/mol. The third-order valence-corrected chi connectivity index (χ3v) is 5.63.